The van der Waals surface area contributed by atoms with Crippen molar-refractivity contribution in [1.29, 1.82) is 0 Å². The van der Waals surface area contributed by atoms with Gasteiger partial charge in [0, 0.05) is 13.1 Å². The van der Waals surface area contributed by atoms with Gasteiger partial charge in [-0.1, -0.05) is 11.6 Å². The van der Waals surface area contributed by atoms with Crippen LogP contribution in [0.3, 0.4) is 0 Å². The molecule has 0 bridgehead atoms. The number of carbonyl (C=O) groups excluding carboxylic acids is 2. The molecule has 3 N–H and O–H groups in total. The third kappa shape index (κ3) is 4.43. The van der Waals surface area contributed by atoms with Crippen molar-refractivity contribution >= 4 is 29.4 Å². The zero-order chi connectivity index (χ0) is 20.5. The van der Waals surface area contributed by atoms with E-state index in [2.05, 4.69) is 4.98 Å². The number of anilines is 1. The number of pyridine rings is 1. The molecule has 28 heavy (non-hydrogen) atoms. The van der Waals surface area contributed by atoms with Crippen LogP contribution < -0.4 is 15.6 Å². The lowest BCUT2D eigenvalue weighted by Crippen LogP contribution is -2.54. The Hall–Kier alpha value is -2.23. The van der Waals surface area contributed by atoms with Crippen LogP contribution >= 0.6 is 11.6 Å². The Balaban J connectivity index is 1.60. The molecule has 2 aliphatic rings. The first-order valence-corrected chi connectivity index (χ1v) is 9.41. The molecule has 1 atom stereocenters. The molecule has 0 radical (unpaired) electrons. The lowest BCUT2D eigenvalue weighted by Gasteiger charge is -2.36. The van der Waals surface area contributed by atoms with Crippen LogP contribution in [0.4, 0.5) is 23.8 Å². The van der Waals surface area contributed by atoms with Gasteiger partial charge >= 0.3 is 12.2 Å². The summed E-state index contributed by atoms with van der Waals surface area (Å²) in [5, 5.41) is -0.0148. The fraction of sp³-hybridized carbons (Fsp3) is 0.588. The number of nitrogens with two attached hydrogens (primary N) is 1. The summed E-state index contributed by atoms with van der Waals surface area (Å²) >= 11 is 6.03. The molecule has 11 heteroatoms. The first-order chi connectivity index (χ1) is 13.2. The molecule has 0 aliphatic carbocycles. The topological polar surface area (TPSA) is 84.0 Å². The summed E-state index contributed by atoms with van der Waals surface area (Å²) in [6, 6.07) is 0.376. The second-order valence-electron chi connectivity index (χ2n) is 7.02. The number of alkyl halides is 3. The Morgan fingerprint density at radius 1 is 1.14 bits per heavy atom. The zero-order valence-electron chi connectivity index (χ0n) is 15.1. The molecular formula is C17H22ClF3N5O2+. The number of hydrogen-bond donors (Lipinski definition) is 1. The van der Waals surface area contributed by atoms with E-state index in [1.807, 2.05) is 4.90 Å². The summed E-state index contributed by atoms with van der Waals surface area (Å²) in [4.78, 5) is 31.8. The number of nitrogens with zero attached hydrogens (tertiary/aromatic N) is 3. The maximum absolute atomic E-state index is 12.8. The summed E-state index contributed by atoms with van der Waals surface area (Å²) in [6.07, 6.45) is -2.14. The molecule has 7 nitrogen and oxygen atoms in total. The molecule has 1 aromatic rings. The Kier molecular flexibility index (Phi) is 5.87. The van der Waals surface area contributed by atoms with Crippen molar-refractivity contribution in [1.82, 2.24) is 9.80 Å². The van der Waals surface area contributed by atoms with Gasteiger partial charge in [0.2, 0.25) is 5.91 Å². The number of H-pyrrole nitrogens is 1. The quantitative estimate of drug-likeness (QED) is 0.789. The predicted molar refractivity (Wildman–Crippen MR) is 95.7 cm³/mol. The van der Waals surface area contributed by atoms with E-state index in [0.717, 1.165) is 18.7 Å². The lowest BCUT2D eigenvalue weighted by atomic mass is 9.96. The van der Waals surface area contributed by atoms with Crippen LogP contribution in [0, 0.1) is 5.92 Å². The molecule has 154 valence electrons. The van der Waals surface area contributed by atoms with Crippen LogP contribution in [0.2, 0.25) is 5.02 Å². The number of piperidine rings is 1. The van der Waals surface area contributed by atoms with E-state index >= 15 is 0 Å². The second-order valence-corrected chi connectivity index (χ2v) is 7.43. The smallest absolute Gasteiger partial charge is 0.351 e. The largest absolute Gasteiger partial charge is 0.419 e. The van der Waals surface area contributed by atoms with Crippen molar-refractivity contribution in [3.8, 4) is 0 Å². The van der Waals surface area contributed by atoms with E-state index in [-0.39, 0.29) is 16.8 Å². The first-order valence-electron chi connectivity index (χ1n) is 9.03. The molecule has 2 saturated heterocycles. The summed E-state index contributed by atoms with van der Waals surface area (Å²) in [7, 11) is 0. The minimum Gasteiger partial charge on any atom is -0.351 e. The van der Waals surface area contributed by atoms with Gasteiger partial charge in [-0.2, -0.15) is 13.2 Å². The summed E-state index contributed by atoms with van der Waals surface area (Å²) < 4.78 is 38.3. The van der Waals surface area contributed by atoms with Gasteiger partial charge in [0.15, 0.2) is 0 Å². The van der Waals surface area contributed by atoms with Crippen LogP contribution in [0.1, 0.15) is 18.4 Å². The fourth-order valence-corrected chi connectivity index (χ4v) is 3.95. The molecule has 3 amide bonds. The standard InChI is InChI=1S/C17H21ClF3N5O2/c18-13-8-12(17(19,20)21)9-23-14(13)24-4-6-25(7-5-24)15(27)11-2-1-3-26(10-11)16(22)28/h8-9,11H,1-7,10H2,(H2,22,28)/p+1/t11-/m1/s1. The number of rotatable bonds is 2. The average Bonchev–Trinajstić information content (AvgIpc) is 2.67. The minimum absolute atomic E-state index is 0.0148. The second kappa shape index (κ2) is 8.02. The van der Waals surface area contributed by atoms with Gasteiger partial charge in [-0.05, 0) is 18.9 Å². The zero-order valence-corrected chi connectivity index (χ0v) is 15.9. The highest BCUT2D eigenvalue weighted by Crippen LogP contribution is 2.32. The van der Waals surface area contributed by atoms with Gasteiger partial charge in [0.1, 0.15) is 24.3 Å². The Morgan fingerprint density at radius 3 is 2.39 bits per heavy atom. The molecular weight excluding hydrogens is 399 g/mol. The van der Waals surface area contributed by atoms with Gasteiger partial charge in [-0.15, -0.1) is 0 Å². The average molecular weight is 421 g/mol. The minimum atomic E-state index is -4.47. The number of aromatic nitrogens is 1. The molecule has 0 saturated carbocycles. The molecule has 0 unspecified atom stereocenters. The van der Waals surface area contributed by atoms with E-state index in [1.165, 1.54) is 4.90 Å². The molecule has 0 aromatic carbocycles. The van der Waals surface area contributed by atoms with E-state index in [4.69, 9.17) is 17.3 Å². The molecule has 3 heterocycles. The van der Waals surface area contributed by atoms with Crippen LogP contribution in [-0.4, -0.2) is 61.0 Å². The molecule has 1 aromatic heterocycles. The van der Waals surface area contributed by atoms with Crippen molar-refractivity contribution in [2.75, 3.05) is 44.2 Å². The Labute approximate surface area is 165 Å². The normalized spacial score (nSPS) is 21.0. The molecule has 3 rings (SSSR count). The predicted octanol–water partition coefficient (Wildman–Crippen LogP) is 1.61. The highest BCUT2D eigenvalue weighted by molar-refractivity contribution is 6.32. The van der Waals surface area contributed by atoms with E-state index in [9.17, 15) is 22.8 Å². The SMILES string of the molecule is NC(=O)N1CCC[C@@H](C(=O)N2CCN(c3[nH+]cc(C(F)(F)F)cc3Cl)CC2)C1. The highest BCUT2D eigenvalue weighted by atomic mass is 35.5. The third-order valence-corrected chi connectivity index (χ3v) is 5.48. The molecule has 2 fully saturated rings. The van der Waals surface area contributed by atoms with Crippen LogP contribution in [-0.2, 0) is 11.0 Å². The number of primary amides is 1. The van der Waals surface area contributed by atoms with Gasteiger partial charge in [0.05, 0.1) is 24.6 Å². The summed E-state index contributed by atoms with van der Waals surface area (Å²) in [5.41, 5.74) is 4.47. The van der Waals surface area contributed by atoms with Crippen molar-refractivity contribution in [2.24, 2.45) is 11.7 Å². The number of hydrogen-bond acceptors (Lipinski definition) is 3. The monoisotopic (exact) mass is 420 g/mol. The number of urea groups is 1. The van der Waals surface area contributed by atoms with E-state index < -0.39 is 17.8 Å². The van der Waals surface area contributed by atoms with Gasteiger partial charge in [-0.3, -0.25) is 9.69 Å². The Bertz CT molecular complexity index is 753. The highest BCUT2D eigenvalue weighted by Gasteiger charge is 2.36. The van der Waals surface area contributed by atoms with Gasteiger partial charge in [0.25, 0.3) is 5.82 Å². The van der Waals surface area contributed by atoms with Crippen molar-refractivity contribution in [3.63, 3.8) is 0 Å². The number of piperazine rings is 1. The van der Waals surface area contributed by atoms with Crippen LogP contribution in [0.5, 0.6) is 0 Å². The fourth-order valence-electron chi connectivity index (χ4n) is 3.66. The number of carbonyl (C=O) groups is 2. The summed E-state index contributed by atoms with van der Waals surface area (Å²) in [6.45, 7) is 2.63. The lowest BCUT2D eigenvalue weighted by molar-refractivity contribution is -0.367. The number of amides is 3. The maximum atomic E-state index is 12.8. The van der Waals surface area contributed by atoms with E-state index in [0.29, 0.717) is 51.5 Å². The van der Waals surface area contributed by atoms with Gasteiger partial charge in [-0.25, -0.2) is 9.78 Å². The van der Waals surface area contributed by atoms with Crippen molar-refractivity contribution < 1.29 is 27.7 Å². The van der Waals surface area contributed by atoms with E-state index in [1.54, 1.807) is 4.90 Å². The summed E-state index contributed by atoms with van der Waals surface area (Å²) in [5.74, 6) is 0.112. The molecule has 0 spiro atoms. The number of aromatic amines is 1. The molecule has 2 aliphatic heterocycles. The Morgan fingerprint density at radius 2 is 1.82 bits per heavy atom. The third-order valence-electron chi connectivity index (χ3n) is 5.19. The van der Waals surface area contributed by atoms with Crippen LogP contribution in [0.15, 0.2) is 12.3 Å². The number of likely N-dealkylation sites (tertiary alicyclic amines) is 1. The van der Waals surface area contributed by atoms with Gasteiger partial charge < -0.3 is 15.5 Å². The number of halogens is 4. The van der Waals surface area contributed by atoms with Crippen molar-refractivity contribution in [3.05, 3.63) is 22.8 Å². The maximum Gasteiger partial charge on any atom is 0.419 e. The first kappa shape index (κ1) is 20.5. The number of nitrogens with one attached hydrogen (secondary N) is 1. The van der Waals surface area contributed by atoms with Crippen molar-refractivity contribution in [2.45, 2.75) is 19.0 Å². The van der Waals surface area contributed by atoms with Crippen LogP contribution in [0.25, 0.3) is 0 Å².